The van der Waals surface area contributed by atoms with Gasteiger partial charge in [-0.3, -0.25) is 9.59 Å². The van der Waals surface area contributed by atoms with Crippen LogP contribution in [-0.4, -0.2) is 80.1 Å². The van der Waals surface area contributed by atoms with Gasteiger partial charge in [-0.05, 0) is 48.4 Å². The number of ether oxygens (including phenoxy) is 2. The van der Waals surface area contributed by atoms with Gasteiger partial charge in [0.1, 0.15) is 29.7 Å². The number of aliphatic carboxylic acids is 1. The average Bonchev–Trinajstić information content (AvgIpc) is 3.44. The number of alkyl halides is 1. The van der Waals surface area contributed by atoms with E-state index in [1.165, 1.54) is 10.5 Å². The van der Waals surface area contributed by atoms with Gasteiger partial charge in [0.05, 0.1) is 30.9 Å². The summed E-state index contributed by atoms with van der Waals surface area (Å²) < 4.78 is 11.8. The maximum Gasteiger partial charge on any atom is 0.330 e. The molecular weight excluding hydrogens is 789 g/mol. The maximum atomic E-state index is 14.2. The molecule has 0 spiro atoms. The number of hydrogen-bond donors (Lipinski definition) is 4. The van der Waals surface area contributed by atoms with Gasteiger partial charge in [0, 0.05) is 33.4 Å². The third-order valence-corrected chi connectivity index (χ3v) is 12.0. The van der Waals surface area contributed by atoms with E-state index in [9.17, 15) is 24.3 Å². The fourth-order valence-electron chi connectivity index (χ4n) is 7.34. The fraction of sp³-hybridized carbons (Fsp3) is 0.375. The first-order valence-corrected chi connectivity index (χ1v) is 19.1. The Hall–Kier alpha value is -4.92. The number of hydrogen-bond acceptors (Lipinski definition) is 7. The predicted molar refractivity (Wildman–Crippen MR) is 207 cm³/mol. The number of amides is 4. The van der Waals surface area contributed by atoms with Crippen molar-refractivity contribution in [1.29, 1.82) is 0 Å². The first kappa shape index (κ1) is 36.4. The highest BCUT2D eigenvalue weighted by Gasteiger charge is 2.61. The molecule has 2 aliphatic carbocycles. The Morgan fingerprint density at radius 1 is 1.02 bits per heavy atom. The summed E-state index contributed by atoms with van der Waals surface area (Å²) in [4.78, 5) is 60.2. The van der Waals surface area contributed by atoms with Crippen molar-refractivity contribution in [2.45, 2.75) is 73.2 Å². The molecule has 53 heavy (non-hydrogen) atoms. The van der Waals surface area contributed by atoms with Gasteiger partial charge in [0.15, 0.2) is 5.54 Å². The highest BCUT2D eigenvalue weighted by molar-refractivity contribution is 14.1. The molecule has 0 radical (unpaired) electrons. The van der Waals surface area contributed by atoms with Crippen molar-refractivity contribution in [2.75, 3.05) is 13.7 Å². The van der Waals surface area contributed by atoms with Gasteiger partial charge in [-0.15, -0.1) is 0 Å². The number of benzene rings is 3. The summed E-state index contributed by atoms with van der Waals surface area (Å²) in [7, 11) is 1.58. The molecule has 4 amide bonds. The van der Waals surface area contributed by atoms with Crippen LogP contribution >= 0.6 is 22.6 Å². The second kappa shape index (κ2) is 14.8. The van der Waals surface area contributed by atoms with E-state index in [1.54, 1.807) is 7.11 Å². The number of aryl methyl sites for hydroxylation is 1. The van der Waals surface area contributed by atoms with Crippen molar-refractivity contribution < 1.29 is 33.8 Å². The number of carboxylic acids is 1. The quantitative estimate of drug-likeness (QED) is 0.115. The number of methoxy groups -OCH3 is 1. The zero-order valence-electron chi connectivity index (χ0n) is 29.7. The van der Waals surface area contributed by atoms with E-state index >= 15 is 0 Å². The highest BCUT2D eigenvalue weighted by Crippen LogP contribution is 2.44. The lowest BCUT2D eigenvalue weighted by molar-refractivity contribution is -0.143. The number of carboxylic acid groups (broad SMARTS) is 1. The molecular formula is C40H42IN5O7. The highest BCUT2D eigenvalue weighted by atomic mass is 127. The number of urea groups is 1. The van der Waals surface area contributed by atoms with Gasteiger partial charge in [-0.25, -0.2) is 14.6 Å². The molecule has 0 unspecified atom stereocenters. The number of rotatable bonds is 11. The van der Waals surface area contributed by atoms with Gasteiger partial charge in [-0.2, -0.15) is 0 Å². The molecule has 276 valence electrons. The number of nitrogens with one attached hydrogen (secondary N) is 3. The number of halogens is 1. The molecule has 1 aromatic heterocycles. The molecule has 3 aromatic carbocycles. The number of aromatic nitrogens is 1. The van der Waals surface area contributed by atoms with Crippen LogP contribution in [0.5, 0.6) is 11.5 Å². The van der Waals surface area contributed by atoms with Crippen LogP contribution in [0.1, 0.15) is 50.3 Å². The van der Waals surface area contributed by atoms with Crippen LogP contribution in [0.15, 0.2) is 78.9 Å². The van der Waals surface area contributed by atoms with Crippen LogP contribution in [0, 0.1) is 5.92 Å². The van der Waals surface area contributed by atoms with E-state index < -0.39 is 41.6 Å². The minimum atomic E-state index is -1.40. The molecule has 2 heterocycles. The van der Waals surface area contributed by atoms with E-state index in [1.807, 2.05) is 109 Å². The van der Waals surface area contributed by atoms with Crippen molar-refractivity contribution in [1.82, 2.24) is 25.8 Å². The third-order valence-electron chi connectivity index (χ3n) is 10.4. The Morgan fingerprint density at radius 3 is 2.45 bits per heavy atom. The number of fused-ring (bicyclic) bond motifs is 2. The third kappa shape index (κ3) is 7.35. The van der Waals surface area contributed by atoms with E-state index in [-0.39, 0.29) is 41.2 Å². The van der Waals surface area contributed by atoms with Crippen LogP contribution in [-0.2, 0) is 20.8 Å². The van der Waals surface area contributed by atoms with Crippen molar-refractivity contribution in [3.05, 3.63) is 90.0 Å². The van der Waals surface area contributed by atoms with Crippen molar-refractivity contribution in [3.8, 4) is 22.8 Å². The molecule has 13 heteroatoms. The monoisotopic (exact) mass is 831 g/mol. The standard InChI is InChI=1S/C40H42IN5O7/c1-22(2)35(37(48)43-29-16-13-23-9-7-8-12-27(23)29)44-39(51)46-21-26(18-32(46)36(47)45-40(38(49)50)20-34(40)41)53-33-19-30(24-10-5-4-6-11-24)42-31-17-25(52-3)14-15-28(31)33/h4-12,14-15,17,19,22,26,29,32,34-35H,13,16,18,20-21H2,1-3H3,(H,43,48)(H,44,51)(H,45,47)(H,49,50)/t26-,29+,32+,34-,35+,40-/m1/s1. The molecule has 12 nitrogen and oxygen atoms in total. The average molecular weight is 832 g/mol. The SMILES string of the molecule is COc1ccc2c(O[C@@H]3C[C@@H](C(=O)N[C@]4(C(=O)O)C[C@H]4I)N(C(=O)N[C@H](C(=O)N[C@H]4CCc5ccccc54)C(C)C)C3)cc(-c3ccccc3)nc2c1. The first-order chi connectivity index (χ1) is 25.5. The summed E-state index contributed by atoms with van der Waals surface area (Å²) in [6, 6.07) is 22.3. The largest absolute Gasteiger partial charge is 0.497 e. The fourth-order valence-corrected chi connectivity index (χ4v) is 8.46. The van der Waals surface area contributed by atoms with Gasteiger partial charge in [0.2, 0.25) is 11.8 Å². The Kier molecular flexibility index (Phi) is 10.2. The molecule has 2 fully saturated rings. The molecule has 1 saturated carbocycles. The Bertz CT molecular complexity index is 2060. The number of likely N-dealkylation sites (tertiary alicyclic amines) is 1. The molecule has 1 saturated heterocycles. The van der Waals surface area contributed by atoms with Gasteiger partial charge >= 0.3 is 12.0 Å². The Balaban J connectivity index is 1.16. The number of nitrogens with zero attached hydrogens (tertiary/aromatic N) is 2. The van der Waals surface area contributed by atoms with Gasteiger partial charge < -0.3 is 35.4 Å². The van der Waals surface area contributed by atoms with Crippen molar-refractivity contribution in [2.24, 2.45) is 5.92 Å². The topological polar surface area (TPSA) is 159 Å². The number of carbonyl (C=O) groups excluding carboxylic acids is 3. The predicted octanol–water partition coefficient (Wildman–Crippen LogP) is 5.42. The normalized spacial score (nSPS) is 23.6. The van der Waals surface area contributed by atoms with Gasteiger partial charge in [0.25, 0.3) is 0 Å². The van der Waals surface area contributed by atoms with Crippen molar-refractivity contribution >= 4 is 57.3 Å². The summed E-state index contributed by atoms with van der Waals surface area (Å²) in [5.41, 5.74) is 3.06. The zero-order valence-corrected chi connectivity index (χ0v) is 31.8. The Morgan fingerprint density at radius 2 is 1.75 bits per heavy atom. The number of carbonyl (C=O) groups is 4. The summed E-state index contributed by atoms with van der Waals surface area (Å²) >= 11 is 2.02. The summed E-state index contributed by atoms with van der Waals surface area (Å²) in [5, 5.41) is 19.5. The molecule has 4 aromatic rings. The summed E-state index contributed by atoms with van der Waals surface area (Å²) in [6.45, 7) is 3.72. The first-order valence-electron chi connectivity index (χ1n) is 17.8. The molecule has 3 aliphatic rings. The van der Waals surface area contributed by atoms with Crippen LogP contribution < -0.4 is 25.4 Å². The lowest BCUT2D eigenvalue weighted by atomic mass is 10.0. The van der Waals surface area contributed by atoms with Crippen molar-refractivity contribution in [3.63, 3.8) is 0 Å². The van der Waals surface area contributed by atoms with E-state index in [0.717, 1.165) is 29.4 Å². The molecule has 6 atom stereocenters. The van der Waals surface area contributed by atoms with E-state index in [0.29, 0.717) is 22.7 Å². The van der Waals surface area contributed by atoms with E-state index in [4.69, 9.17) is 14.5 Å². The lowest BCUT2D eigenvalue weighted by Crippen LogP contribution is -2.58. The van der Waals surface area contributed by atoms with Gasteiger partial charge in [-0.1, -0.05) is 91.0 Å². The van der Waals surface area contributed by atoms with Crippen LogP contribution in [0.25, 0.3) is 22.2 Å². The molecule has 7 rings (SSSR count). The summed E-state index contributed by atoms with van der Waals surface area (Å²) in [6.07, 6.45) is 1.35. The molecule has 0 bridgehead atoms. The van der Waals surface area contributed by atoms with Crippen LogP contribution in [0.4, 0.5) is 4.79 Å². The zero-order chi connectivity index (χ0) is 37.4. The molecule has 4 N–H and O–H groups in total. The second-order valence-corrected chi connectivity index (χ2v) is 15.8. The van der Waals surface area contributed by atoms with Crippen LogP contribution in [0.3, 0.4) is 0 Å². The summed E-state index contributed by atoms with van der Waals surface area (Å²) in [5.74, 6) is -1.15. The lowest BCUT2D eigenvalue weighted by Gasteiger charge is -2.29. The maximum absolute atomic E-state index is 14.2. The van der Waals surface area contributed by atoms with E-state index in [2.05, 4.69) is 22.0 Å². The molecule has 1 aliphatic heterocycles. The minimum Gasteiger partial charge on any atom is -0.497 e. The number of pyridine rings is 1. The smallest absolute Gasteiger partial charge is 0.330 e. The minimum absolute atomic E-state index is 0.0146. The van der Waals surface area contributed by atoms with Crippen LogP contribution in [0.2, 0.25) is 0 Å². The Labute approximate surface area is 321 Å². The second-order valence-electron chi connectivity index (χ2n) is 14.3.